The second kappa shape index (κ2) is 6.42. The number of nitrogens with zero attached hydrogens (tertiary/aromatic N) is 4. The van der Waals surface area contributed by atoms with Gasteiger partial charge in [-0.3, -0.25) is 9.20 Å². The van der Waals surface area contributed by atoms with Crippen molar-refractivity contribution < 1.29 is 4.42 Å². The average Bonchev–Trinajstić information content (AvgIpc) is 3.16. The van der Waals surface area contributed by atoms with E-state index in [0.29, 0.717) is 16.6 Å². The van der Waals surface area contributed by atoms with Crippen molar-refractivity contribution in [1.29, 1.82) is 0 Å². The van der Waals surface area contributed by atoms with Crippen molar-refractivity contribution in [3.05, 3.63) is 51.9 Å². The van der Waals surface area contributed by atoms with Crippen molar-refractivity contribution >= 4 is 17.4 Å². The van der Waals surface area contributed by atoms with Gasteiger partial charge in [-0.1, -0.05) is 17.8 Å². The van der Waals surface area contributed by atoms with Gasteiger partial charge in [0.2, 0.25) is 5.89 Å². The van der Waals surface area contributed by atoms with Crippen LogP contribution in [0.5, 0.6) is 0 Å². The fourth-order valence-electron chi connectivity index (χ4n) is 6.32. The predicted octanol–water partition coefficient (Wildman–Crippen LogP) is 4.15. The van der Waals surface area contributed by atoms with Gasteiger partial charge in [0.15, 0.2) is 0 Å². The van der Waals surface area contributed by atoms with Gasteiger partial charge in [-0.25, -0.2) is 4.98 Å². The van der Waals surface area contributed by atoms with Crippen molar-refractivity contribution in [1.82, 2.24) is 19.6 Å². The van der Waals surface area contributed by atoms with Gasteiger partial charge >= 0.3 is 0 Å². The van der Waals surface area contributed by atoms with Crippen LogP contribution >= 0.6 is 11.8 Å². The van der Waals surface area contributed by atoms with Crippen LogP contribution in [0.4, 0.5) is 0 Å². The highest BCUT2D eigenvalue weighted by Gasteiger charge is 2.54. The number of rotatable bonds is 4. The van der Waals surface area contributed by atoms with E-state index in [-0.39, 0.29) is 11.0 Å². The van der Waals surface area contributed by atoms with Gasteiger partial charge in [0.05, 0.1) is 5.69 Å². The summed E-state index contributed by atoms with van der Waals surface area (Å²) in [7, 11) is 0. The molecule has 0 amide bonds. The molecule has 0 aromatic carbocycles. The lowest BCUT2D eigenvalue weighted by atomic mass is 9.49. The first-order valence-electron chi connectivity index (χ1n) is 10.5. The summed E-state index contributed by atoms with van der Waals surface area (Å²) in [6.45, 7) is 1.96. The SMILES string of the molecule is Cc1ccc2nc(CSc3nnc(C45CC6CC(CC(C6)C4)C5)o3)cc(=O)n2c1. The van der Waals surface area contributed by atoms with E-state index in [2.05, 4.69) is 15.2 Å². The number of thioether (sulfide) groups is 1. The van der Waals surface area contributed by atoms with Gasteiger partial charge in [0, 0.05) is 23.4 Å². The molecule has 4 saturated carbocycles. The van der Waals surface area contributed by atoms with E-state index >= 15 is 0 Å². The summed E-state index contributed by atoms with van der Waals surface area (Å²) in [6, 6.07) is 5.44. The molecule has 0 atom stereocenters. The van der Waals surface area contributed by atoms with E-state index in [4.69, 9.17) is 4.42 Å². The topological polar surface area (TPSA) is 73.3 Å². The van der Waals surface area contributed by atoms with Crippen LogP contribution < -0.4 is 5.56 Å². The molecular formula is C22H24N4O2S. The molecule has 0 unspecified atom stereocenters. The maximum atomic E-state index is 12.4. The Morgan fingerprint density at radius 2 is 1.86 bits per heavy atom. The molecule has 7 rings (SSSR count). The van der Waals surface area contributed by atoms with E-state index in [1.807, 2.05) is 25.3 Å². The molecule has 3 aromatic rings. The van der Waals surface area contributed by atoms with Gasteiger partial charge in [-0.05, 0) is 74.8 Å². The molecule has 0 radical (unpaired) electrons. The Bertz CT molecular complexity index is 1120. The lowest BCUT2D eigenvalue weighted by Gasteiger charge is -2.55. The zero-order valence-corrected chi connectivity index (χ0v) is 17.3. The molecule has 4 bridgehead atoms. The fourth-order valence-corrected chi connectivity index (χ4v) is 6.98. The van der Waals surface area contributed by atoms with Crippen LogP contribution in [0, 0.1) is 24.7 Å². The zero-order valence-electron chi connectivity index (χ0n) is 16.5. The molecule has 0 aliphatic heterocycles. The predicted molar refractivity (Wildman–Crippen MR) is 110 cm³/mol. The van der Waals surface area contributed by atoms with Gasteiger partial charge in [0.25, 0.3) is 10.8 Å². The monoisotopic (exact) mass is 408 g/mol. The van der Waals surface area contributed by atoms with Crippen LogP contribution in [0.3, 0.4) is 0 Å². The second-order valence-corrected chi connectivity index (χ2v) is 10.3. The molecule has 3 heterocycles. The second-order valence-electron chi connectivity index (χ2n) is 9.38. The summed E-state index contributed by atoms with van der Waals surface area (Å²) in [4.78, 5) is 17.0. The summed E-state index contributed by atoms with van der Waals surface area (Å²) in [5, 5.41) is 9.38. The standard InChI is InChI=1S/C22H24N4O2S/c1-13-2-3-18-23-17(7-19(27)26(18)11-13)12-29-21-25-24-20(28-21)22-8-14-4-15(9-22)6-16(5-14)10-22/h2-3,7,11,14-16H,4-6,8-10,12H2,1H3. The van der Waals surface area contributed by atoms with Gasteiger partial charge in [0.1, 0.15) is 5.65 Å². The summed E-state index contributed by atoms with van der Waals surface area (Å²) < 4.78 is 7.74. The number of hydrogen-bond donors (Lipinski definition) is 0. The van der Waals surface area contributed by atoms with Gasteiger partial charge in [-0.15, -0.1) is 10.2 Å². The molecule has 4 aliphatic rings. The molecule has 7 heteroatoms. The molecule has 29 heavy (non-hydrogen) atoms. The maximum absolute atomic E-state index is 12.4. The third-order valence-corrected chi connectivity index (χ3v) is 7.95. The summed E-state index contributed by atoms with van der Waals surface area (Å²) in [5.74, 6) is 3.94. The normalized spacial score (nSPS) is 30.3. The minimum absolute atomic E-state index is 0.0610. The number of aryl methyl sites for hydroxylation is 1. The van der Waals surface area contributed by atoms with Gasteiger partial charge < -0.3 is 4.42 Å². The lowest BCUT2D eigenvalue weighted by molar-refractivity contribution is -0.0191. The van der Waals surface area contributed by atoms with Gasteiger partial charge in [-0.2, -0.15) is 0 Å². The fraction of sp³-hybridized carbons (Fsp3) is 0.545. The Morgan fingerprint density at radius 1 is 1.14 bits per heavy atom. The Hall–Kier alpha value is -2.15. The first-order valence-corrected chi connectivity index (χ1v) is 11.5. The van der Waals surface area contributed by atoms with Crippen LogP contribution in [-0.2, 0) is 11.2 Å². The molecule has 0 N–H and O–H groups in total. The highest BCUT2D eigenvalue weighted by atomic mass is 32.2. The van der Waals surface area contributed by atoms with Crippen molar-refractivity contribution in [2.45, 2.75) is 61.8 Å². The molecular weight excluding hydrogens is 384 g/mol. The summed E-state index contributed by atoms with van der Waals surface area (Å²) in [5.41, 5.74) is 2.50. The van der Waals surface area contributed by atoms with Crippen molar-refractivity contribution in [2.24, 2.45) is 17.8 Å². The number of aromatic nitrogens is 4. The largest absolute Gasteiger partial charge is 0.415 e. The van der Waals surface area contributed by atoms with E-state index in [1.54, 1.807) is 10.5 Å². The van der Waals surface area contributed by atoms with Crippen LogP contribution in [0.1, 0.15) is 55.7 Å². The summed E-state index contributed by atoms with van der Waals surface area (Å²) in [6.07, 6.45) is 9.67. The van der Waals surface area contributed by atoms with Crippen LogP contribution in [0.25, 0.3) is 5.65 Å². The Balaban J connectivity index is 1.21. The zero-order chi connectivity index (χ0) is 19.6. The highest BCUT2D eigenvalue weighted by molar-refractivity contribution is 7.98. The summed E-state index contributed by atoms with van der Waals surface area (Å²) >= 11 is 1.47. The first kappa shape index (κ1) is 17.7. The number of fused-ring (bicyclic) bond motifs is 1. The highest BCUT2D eigenvalue weighted by Crippen LogP contribution is 2.60. The third kappa shape index (κ3) is 3.01. The third-order valence-electron chi connectivity index (χ3n) is 7.10. The number of pyridine rings is 1. The smallest absolute Gasteiger partial charge is 0.276 e. The molecule has 150 valence electrons. The van der Waals surface area contributed by atoms with Crippen LogP contribution in [0.15, 0.2) is 38.8 Å². The van der Waals surface area contributed by atoms with Crippen molar-refractivity contribution in [2.75, 3.05) is 0 Å². The number of hydrogen-bond acceptors (Lipinski definition) is 6. The molecule has 0 saturated heterocycles. The molecule has 6 nitrogen and oxygen atoms in total. The molecule has 4 aliphatic carbocycles. The van der Waals surface area contributed by atoms with Crippen molar-refractivity contribution in [3.8, 4) is 0 Å². The molecule has 0 spiro atoms. The van der Waals surface area contributed by atoms with E-state index in [0.717, 1.165) is 34.9 Å². The minimum Gasteiger partial charge on any atom is -0.415 e. The van der Waals surface area contributed by atoms with Crippen LogP contribution in [0.2, 0.25) is 0 Å². The Morgan fingerprint density at radius 3 is 2.59 bits per heavy atom. The van der Waals surface area contributed by atoms with E-state index < -0.39 is 0 Å². The minimum atomic E-state index is -0.0610. The average molecular weight is 409 g/mol. The molecule has 3 aromatic heterocycles. The lowest BCUT2D eigenvalue weighted by Crippen LogP contribution is -2.48. The first-order chi connectivity index (χ1) is 14.1. The Kier molecular flexibility index (Phi) is 3.92. The maximum Gasteiger partial charge on any atom is 0.276 e. The quantitative estimate of drug-likeness (QED) is 0.604. The Labute approximate surface area is 173 Å². The van der Waals surface area contributed by atoms with E-state index in [1.165, 1.54) is 50.3 Å². The van der Waals surface area contributed by atoms with Crippen LogP contribution in [-0.4, -0.2) is 19.6 Å². The van der Waals surface area contributed by atoms with Crippen molar-refractivity contribution in [3.63, 3.8) is 0 Å². The van der Waals surface area contributed by atoms with E-state index in [9.17, 15) is 4.79 Å². The molecule has 4 fully saturated rings.